The third kappa shape index (κ3) is 3.05. The van der Waals surface area contributed by atoms with E-state index in [0.29, 0.717) is 28.8 Å². The van der Waals surface area contributed by atoms with E-state index < -0.39 is 0 Å². The van der Waals surface area contributed by atoms with Crippen LogP contribution in [0.3, 0.4) is 0 Å². The summed E-state index contributed by atoms with van der Waals surface area (Å²) in [5.74, 6) is 0.791. The van der Waals surface area contributed by atoms with Crippen molar-refractivity contribution in [2.75, 3.05) is 12.3 Å². The number of aromatic nitrogens is 1. The second-order valence-corrected chi connectivity index (χ2v) is 5.62. The number of carbonyl (C=O) groups excluding carboxylic acids is 1. The van der Waals surface area contributed by atoms with E-state index in [1.54, 1.807) is 19.2 Å². The molecule has 2 N–H and O–H groups in total. The maximum Gasteiger partial charge on any atom is 0.341 e. The summed E-state index contributed by atoms with van der Waals surface area (Å²) in [5.41, 5.74) is 6.02. The van der Waals surface area contributed by atoms with Crippen molar-refractivity contribution < 1.29 is 13.9 Å². The van der Waals surface area contributed by atoms with Crippen molar-refractivity contribution in [1.29, 1.82) is 0 Å². The lowest BCUT2D eigenvalue weighted by Gasteiger charge is -2.01. The van der Waals surface area contributed by atoms with Gasteiger partial charge in [-0.05, 0) is 13.0 Å². The molecule has 0 amide bonds. The van der Waals surface area contributed by atoms with Crippen LogP contribution in [0.15, 0.2) is 27.2 Å². The third-order valence-corrected chi connectivity index (χ3v) is 4.11. The van der Waals surface area contributed by atoms with Gasteiger partial charge in [-0.1, -0.05) is 11.3 Å². The summed E-state index contributed by atoms with van der Waals surface area (Å²) < 4.78 is 11.2. The number of nitrogens with zero attached hydrogens (tertiary/aromatic N) is 1. The number of ether oxygens (including phenoxy) is 1. The average molecular weight is 284 g/mol. The predicted molar refractivity (Wildman–Crippen MR) is 70.8 cm³/mol. The molecule has 0 fully saturated rings. The van der Waals surface area contributed by atoms with Gasteiger partial charge in [-0.2, -0.15) is 0 Å². The summed E-state index contributed by atoms with van der Waals surface area (Å²) in [4.78, 5) is 15.6. The fraction of sp³-hybridized carbons (Fsp3) is 0.273. The van der Waals surface area contributed by atoms with Gasteiger partial charge in [-0.3, -0.25) is 0 Å². The van der Waals surface area contributed by atoms with Crippen molar-refractivity contribution in [3.63, 3.8) is 0 Å². The molecule has 0 radical (unpaired) electrons. The zero-order valence-corrected chi connectivity index (χ0v) is 11.3. The number of rotatable bonds is 5. The highest BCUT2D eigenvalue weighted by Gasteiger charge is 2.16. The fourth-order valence-electron chi connectivity index (χ4n) is 1.32. The topological polar surface area (TPSA) is 78.3 Å². The minimum atomic E-state index is -0.356. The molecule has 0 spiro atoms. The lowest BCUT2D eigenvalue weighted by atomic mass is 10.3. The number of esters is 1. The number of nitrogens with two attached hydrogens (primary N) is 1. The van der Waals surface area contributed by atoms with Crippen molar-refractivity contribution in [3.8, 4) is 0 Å². The molecule has 0 saturated carbocycles. The molecule has 18 heavy (non-hydrogen) atoms. The Bertz CT molecular complexity index is 536. The van der Waals surface area contributed by atoms with Gasteiger partial charge in [0.1, 0.15) is 11.3 Å². The quantitative estimate of drug-likeness (QED) is 0.672. The van der Waals surface area contributed by atoms with E-state index in [9.17, 15) is 4.79 Å². The Morgan fingerprint density at radius 1 is 1.67 bits per heavy atom. The first-order valence-corrected chi connectivity index (χ1v) is 7.08. The Balaban J connectivity index is 2.01. The van der Waals surface area contributed by atoms with Crippen molar-refractivity contribution in [2.24, 2.45) is 0 Å². The smallest absolute Gasteiger partial charge is 0.341 e. The predicted octanol–water partition coefficient (Wildman–Crippen LogP) is 2.79. The summed E-state index contributed by atoms with van der Waals surface area (Å²) >= 11 is 2.93. The molecule has 2 heterocycles. The van der Waals surface area contributed by atoms with Gasteiger partial charge in [0.2, 0.25) is 0 Å². The molecular weight excluding hydrogens is 272 g/mol. The Kier molecular flexibility index (Phi) is 4.27. The highest BCUT2D eigenvalue weighted by atomic mass is 32.2. The number of hydrogen-bond acceptors (Lipinski definition) is 7. The molecule has 0 unspecified atom stereocenters. The van der Waals surface area contributed by atoms with Gasteiger partial charge in [0.15, 0.2) is 5.13 Å². The van der Waals surface area contributed by atoms with Gasteiger partial charge in [0, 0.05) is 0 Å². The third-order valence-electron chi connectivity index (χ3n) is 2.09. The van der Waals surface area contributed by atoms with E-state index in [-0.39, 0.29) is 5.97 Å². The molecular formula is C11H12N2O3S2. The number of nitrogen functional groups attached to an aromatic ring is 1. The molecule has 0 bridgehead atoms. The van der Waals surface area contributed by atoms with Crippen molar-refractivity contribution in [1.82, 2.24) is 4.98 Å². The first kappa shape index (κ1) is 13.0. The van der Waals surface area contributed by atoms with Crippen molar-refractivity contribution in [2.45, 2.75) is 16.9 Å². The normalized spacial score (nSPS) is 10.5. The van der Waals surface area contributed by atoms with Gasteiger partial charge < -0.3 is 14.9 Å². The molecule has 0 aliphatic rings. The molecule has 0 aliphatic carbocycles. The molecule has 96 valence electrons. The van der Waals surface area contributed by atoms with Crippen LogP contribution in [0.25, 0.3) is 0 Å². The van der Waals surface area contributed by atoms with Gasteiger partial charge in [0.25, 0.3) is 0 Å². The number of anilines is 1. The lowest BCUT2D eigenvalue weighted by molar-refractivity contribution is 0.0524. The highest BCUT2D eigenvalue weighted by Crippen LogP contribution is 2.30. The van der Waals surface area contributed by atoms with Crippen LogP contribution in [-0.4, -0.2) is 17.6 Å². The second kappa shape index (κ2) is 5.92. The molecule has 2 rings (SSSR count). The average Bonchev–Trinajstić information content (AvgIpc) is 2.95. The van der Waals surface area contributed by atoms with Crippen LogP contribution >= 0.6 is 23.1 Å². The van der Waals surface area contributed by atoms with E-state index in [2.05, 4.69) is 4.98 Å². The molecule has 7 heteroatoms. The van der Waals surface area contributed by atoms with Gasteiger partial charge >= 0.3 is 5.97 Å². The Hall–Kier alpha value is -1.47. The molecule has 0 aliphatic heterocycles. The van der Waals surface area contributed by atoms with Crippen molar-refractivity contribution in [3.05, 3.63) is 29.9 Å². The number of carbonyl (C=O) groups is 1. The standard InChI is InChI=1S/C11H12N2O3S2/c1-2-15-10(14)7-3-4-16-8(7)6-17-9-5-13-11(12)18-9/h3-5H,2,6H2,1H3,(H2,12,13). The second-order valence-electron chi connectivity index (χ2n) is 3.28. The summed E-state index contributed by atoms with van der Waals surface area (Å²) in [5, 5.41) is 0.530. The monoisotopic (exact) mass is 284 g/mol. The molecule has 0 aromatic carbocycles. The highest BCUT2D eigenvalue weighted by molar-refractivity contribution is 8.00. The Labute approximate surface area is 112 Å². The summed E-state index contributed by atoms with van der Waals surface area (Å²) in [7, 11) is 0. The van der Waals surface area contributed by atoms with E-state index in [1.807, 2.05) is 0 Å². The number of thiazole rings is 1. The number of hydrogen-bond donors (Lipinski definition) is 1. The zero-order chi connectivity index (χ0) is 13.0. The Morgan fingerprint density at radius 3 is 3.17 bits per heavy atom. The first-order chi connectivity index (χ1) is 8.70. The summed E-state index contributed by atoms with van der Waals surface area (Å²) in [6, 6.07) is 1.62. The fourth-order valence-corrected chi connectivity index (χ4v) is 3.03. The zero-order valence-electron chi connectivity index (χ0n) is 9.71. The summed E-state index contributed by atoms with van der Waals surface area (Å²) in [6.45, 7) is 2.12. The minimum absolute atomic E-state index is 0.349. The number of furan rings is 1. The molecule has 0 atom stereocenters. The Morgan fingerprint density at radius 2 is 2.50 bits per heavy atom. The molecule has 2 aromatic rings. The molecule has 0 saturated heterocycles. The van der Waals surface area contributed by atoms with Gasteiger partial charge in [-0.25, -0.2) is 9.78 Å². The number of thioether (sulfide) groups is 1. The van der Waals surface area contributed by atoms with Crippen LogP contribution in [0.5, 0.6) is 0 Å². The maximum absolute atomic E-state index is 11.6. The first-order valence-electron chi connectivity index (χ1n) is 5.28. The van der Waals surface area contributed by atoms with E-state index >= 15 is 0 Å². The van der Waals surface area contributed by atoms with Crippen LogP contribution in [0, 0.1) is 0 Å². The SMILES string of the molecule is CCOC(=O)c1ccoc1CSc1cnc(N)s1. The summed E-state index contributed by atoms with van der Waals surface area (Å²) in [6.07, 6.45) is 3.20. The largest absolute Gasteiger partial charge is 0.468 e. The van der Waals surface area contributed by atoms with E-state index in [1.165, 1.54) is 29.4 Å². The van der Waals surface area contributed by atoms with Gasteiger partial charge in [0.05, 0.1) is 29.0 Å². The minimum Gasteiger partial charge on any atom is -0.468 e. The van der Waals surface area contributed by atoms with E-state index in [4.69, 9.17) is 14.9 Å². The maximum atomic E-state index is 11.6. The lowest BCUT2D eigenvalue weighted by Crippen LogP contribution is -2.05. The van der Waals surface area contributed by atoms with Crippen LogP contribution < -0.4 is 5.73 Å². The molecule has 5 nitrogen and oxygen atoms in total. The van der Waals surface area contributed by atoms with E-state index in [0.717, 1.165) is 4.21 Å². The van der Waals surface area contributed by atoms with Crippen molar-refractivity contribution >= 4 is 34.2 Å². The van der Waals surface area contributed by atoms with Crippen LogP contribution in [0.1, 0.15) is 23.0 Å². The molecule has 2 aromatic heterocycles. The van der Waals surface area contributed by atoms with Crippen LogP contribution in [0.2, 0.25) is 0 Å². The van der Waals surface area contributed by atoms with Crippen LogP contribution in [0.4, 0.5) is 5.13 Å². The van der Waals surface area contributed by atoms with Gasteiger partial charge in [-0.15, -0.1) is 11.8 Å². The van der Waals surface area contributed by atoms with Crippen LogP contribution in [-0.2, 0) is 10.5 Å².